The van der Waals surface area contributed by atoms with E-state index in [4.69, 9.17) is 4.42 Å². The molecule has 0 fully saturated rings. The molecule has 2 N–H and O–H groups in total. The van der Waals surface area contributed by atoms with Crippen molar-refractivity contribution < 1.29 is 9.21 Å². The first-order valence-electron chi connectivity index (χ1n) is 8.65. The van der Waals surface area contributed by atoms with Gasteiger partial charge in [0.05, 0.1) is 6.54 Å². The second-order valence-electron chi connectivity index (χ2n) is 6.06. The molecule has 138 valence electrons. The summed E-state index contributed by atoms with van der Waals surface area (Å²) >= 11 is 0. The van der Waals surface area contributed by atoms with Crippen LogP contribution >= 0.6 is 0 Å². The van der Waals surface area contributed by atoms with Gasteiger partial charge in [0.25, 0.3) is 5.56 Å². The van der Waals surface area contributed by atoms with E-state index in [0.717, 1.165) is 16.5 Å². The van der Waals surface area contributed by atoms with Crippen molar-refractivity contribution in [3.8, 4) is 11.5 Å². The standard InChI is InChI=1S/C21H16N4O3/c26-18(11-10-16-12-15-8-4-5-9-17(15)23-20(16)27)22-13-19-24-25-21(28-19)14-6-2-1-3-7-14/h1-12H,13H2,(H,22,26)(H,23,27)/b11-10+. The molecule has 0 aliphatic rings. The van der Waals surface area contributed by atoms with E-state index in [1.54, 1.807) is 6.07 Å². The normalized spacial score (nSPS) is 11.1. The lowest BCUT2D eigenvalue weighted by Crippen LogP contribution is -2.20. The van der Waals surface area contributed by atoms with Gasteiger partial charge < -0.3 is 14.7 Å². The Hall–Kier alpha value is -4.00. The fraction of sp³-hybridized carbons (Fsp3) is 0.0476. The van der Waals surface area contributed by atoms with Crippen LogP contribution in [0.1, 0.15) is 11.5 Å². The van der Waals surface area contributed by atoms with E-state index in [0.29, 0.717) is 17.3 Å². The maximum Gasteiger partial charge on any atom is 0.255 e. The third-order valence-corrected chi connectivity index (χ3v) is 4.10. The van der Waals surface area contributed by atoms with Gasteiger partial charge in [-0.15, -0.1) is 10.2 Å². The van der Waals surface area contributed by atoms with Crippen molar-refractivity contribution in [2.45, 2.75) is 6.54 Å². The summed E-state index contributed by atoms with van der Waals surface area (Å²) in [5.74, 6) is 0.319. The number of nitrogens with one attached hydrogen (secondary N) is 2. The predicted octanol–water partition coefficient (Wildman–Crippen LogP) is 2.91. The average molecular weight is 372 g/mol. The number of aromatic nitrogens is 3. The summed E-state index contributed by atoms with van der Waals surface area (Å²) in [6.45, 7) is 0.0943. The van der Waals surface area contributed by atoms with Crippen molar-refractivity contribution in [3.05, 3.63) is 88.5 Å². The summed E-state index contributed by atoms with van der Waals surface area (Å²) in [5.41, 5.74) is 1.70. The Morgan fingerprint density at radius 3 is 2.71 bits per heavy atom. The van der Waals surface area contributed by atoms with E-state index in [1.807, 2.05) is 54.6 Å². The van der Waals surface area contributed by atoms with Crippen molar-refractivity contribution in [1.82, 2.24) is 20.5 Å². The molecule has 2 heterocycles. The molecular weight excluding hydrogens is 356 g/mol. The number of hydrogen-bond donors (Lipinski definition) is 2. The number of nitrogens with zero attached hydrogens (tertiary/aromatic N) is 2. The first-order valence-corrected chi connectivity index (χ1v) is 8.65. The highest BCUT2D eigenvalue weighted by Crippen LogP contribution is 2.16. The zero-order chi connectivity index (χ0) is 19.3. The summed E-state index contributed by atoms with van der Waals surface area (Å²) in [5, 5.41) is 11.4. The minimum atomic E-state index is -0.369. The Balaban J connectivity index is 1.40. The van der Waals surface area contributed by atoms with Crippen molar-refractivity contribution in [1.29, 1.82) is 0 Å². The lowest BCUT2D eigenvalue weighted by atomic mass is 10.1. The molecule has 7 heteroatoms. The number of pyridine rings is 1. The van der Waals surface area contributed by atoms with Crippen LogP contribution in [0.3, 0.4) is 0 Å². The number of para-hydroxylation sites is 1. The highest BCUT2D eigenvalue weighted by atomic mass is 16.4. The smallest absolute Gasteiger partial charge is 0.255 e. The van der Waals surface area contributed by atoms with E-state index in [9.17, 15) is 9.59 Å². The average Bonchev–Trinajstić information content (AvgIpc) is 3.20. The van der Waals surface area contributed by atoms with E-state index in [1.165, 1.54) is 12.2 Å². The van der Waals surface area contributed by atoms with Gasteiger partial charge in [-0.2, -0.15) is 0 Å². The molecule has 28 heavy (non-hydrogen) atoms. The molecule has 2 aromatic heterocycles. The Kier molecular flexibility index (Phi) is 4.79. The van der Waals surface area contributed by atoms with Crippen molar-refractivity contribution in [3.63, 3.8) is 0 Å². The van der Waals surface area contributed by atoms with Gasteiger partial charge in [-0.3, -0.25) is 9.59 Å². The zero-order valence-electron chi connectivity index (χ0n) is 14.8. The van der Waals surface area contributed by atoms with Crippen LogP contribution in [0.25, 0.3) is 28.4 Å². The number of H-pyrrole nitrogens is 1. The minimum Gasteiger partial charge on any atom is -0.419 e. The van der Waals surface area contributed by atoms with Crippen LogP contribution in [0.5, 0.6) is 0 Å². The van der Waals surface area contributed by atoms with Gasteiger partial charge in [-0.05, 0) is 35.7 Å². The van der Waals surface area contributed by atoms with Gasteiger partial charge in [0, 0.05) is 22.7 Å². The number of hydrogen-bond acceptors (Lipinski definition) is 5. The van der Waals surface area contributed by atoms with Crippen LogP contribution in [0.15, 0.2) is 76.0 Å². The highest BCUT2D eigenvalue weighted by Gasteiger charge is 2.08. The van der Waals surface area contributed by atoms with Gasteiger partial charge in [-0.25, -0.2) is 0 Å². The second-order valence-corrected chi connectivity index (χ2v) is 6.06. The van der Waals surface area contributed by atoms with Crippen LogP contribution in [-0.4, -0.2) is 21.1 Å². The molecule has 0 saturated carbocycles. The molecule has 0 radical (unpaired) electrons. The monoisotopic (exact) mass is 372 g/mol. The van der Waals surface area contributed by atoms with Crippen LogP contribution in [0.4, 0.5) is 0 Å². The maximum atomic E-state index is 12.1. The second kappa shape index (κ2) is 7.71. The molecule has 0 spiro atoms. The molecule has 7 nitrogen and oxygen atoms in total. The first kappa shape index (κ1) is 17.4. The highest BCUT2D eigenvalue weighted by molar-refractivity contribution is 5.92. The Bertz CT molecular complexity index is 1210. The summed E-state index contributed by atoms with van der Waals surface area (Å²) in [4.78, 5) is 26.9. The number of carbonyl (C=O) groups excluding carboxylic acids is 1. The summed E-state index contributed by atoms with van der Waals surface area (Å²) in [6, 6.07) is 18.6. The van der Waals surface area contributed by atoms with E-state index in [2.05, 4.69) is 20.5 Å². The van der Waals surface area contributed by atoms with Gasteiger partial charge in [0.1, 0.15) is 0 Å². The molecule has 0 aliphatic heterocycles. The number of carbonyl (C=O) groups is 1. The lowest BCUT2D eigenvalue weighted by molar-refractivity contribution is -0.116. The molecule has 4 rings (SSSR count). The number of aromatic amines is 1. The first-order chi connectivity index (χ1) is 13.7. The SMILES string of the molecule is O=C(/C=C/c1cc2ccccc2[nH]c1=O)NCc1nnc(-c2ccccc2)o1. The topological polar surface area (TPSA) is 101 Å². The van der Waals surface area contributed by atoms with Crippen molar-refractivity contribution in [2.24, 2.45) is 0 Å². The Morgan fingerprint density at radius 2 is 1.86 bits per heavy atom. The Morgan fingerprint density at radius 1 is 1.07 bits per heavy atom. The predicted molar refractivity (Wildman–Crippen MR) is 105 cm³/mol. The van der Waals surface area contributed by atoms with E-state index < -0.39 is 0 Å². The molecule has 4 aromatic rings. The van der Waals surface area contributed by atoms with Crippen LogP contribution in [0.2, 0.25) is 0 Å². The van der Waals surface area contributed by atoms with Crippen molar-refractivity contribution in [2.75, 3.05) is 0 Å². The fourth-order valence-corrected chi connectivity index (χ4v) is 2.70. The van der Waals surface area contributed by atoms with Crippen molar-refractivity contribution >= 4 is 22.9 Å². The van der Waals surface area contributed by atoms with Gasteiger partial charge in [-0.1, -0.05) is 36.4 Å². The van der Waals surface area contributed by atoms with Gasteiger partial charge >= 0.3 is 0 Å². The van der Waals surface area contributed by atoms with Gasteiger partial charge in [0.2, 0.25) is 17.7 Å². The summed E-state index contributed by atoms with van der Waals surface area (Å²) < 4.78 is 5.53. The van der Waals surface area contributed by atoms with E-state index >= 15 is 0 Å². The van der Waals surface area contributed by atoms with Crippen LogP contribution in [0, 0.1) is 0 Å². The summed E-state index contributed by atoms with van der Waals surface area (Å²) in [6.07, 6.45) is 2.78. The van der Waals surface area contributed by atoms with Crippen LogP contribution < -0.4 is 10.9 Å². The fourth-order valence-electron chi connectivity index (χ4n) is 2.70. The minimum absolute atomic E-state index is 0.0943. The number of amides is 1. The third-order valence-electron chi connectivity index (χ3n) is 4.10. The maximum absolute atomic E-state index is 12.1. The molecule has 0 unspecified atom stereocenters. The number of rotatable bonds is 5. The van der Waals surface area contributed by atoms with Crippen LogP contribution in [-0.2, 0) is 11.3 Å². The zero-order valence-corrected chi connectivity index (χ0v) is 14.8. The number of benzene rings is 2. The molecule has 0 saturated heterocycles. The largest absolute Gasteiger partial charge is 0.419 e. The Labute approximate surface area is 159 Å². The number of fused-ring (bicyclic) bond motifs is 1. The molecule has 0 aliphatic carbocycles. The molecule has 0 bridgehead atoms. The molecule has 1 amide bonds. The third kappa shape index (κ3) is 3.88. The lowest BCUT2D eigenvalue weighted by Gasteiger charge is -2.00. The molecular formula is C21H16N4O3. The molecule has 2 aromatic carbocycles. The summed E-state index contributed by atoms with van der Waals surface area (Å²) in [7, 11) is 0. The van der Waals surface area contributed by atoms with E-state index in [-0.39, 0.29) is 18.0 Å². The quantitative estimate of drug-likeness (QED) is 0.525. The molecule has 0 atom stereocenters. The van der Waals surface area contributed by atoms with Gasteiger partial charge in [0.15, 0.2) is 0 Å².